The molecule has 1 aliphatic rings. The number of sulfonamides is 1. The van der Waals surface area contributed by atoms with E-state index in [1.54, 1.807) is 18.2 Å². The fourth-order valence-corrected chi connectivity index (χ4v) is 5.10. The summed E-state index contributed by atoms with van der Waals surface area (Å²) in [6, 6.07) is 4.64. The summed E-state index contributed by atoms with van der Waals surface area (Å²) < 4.78 is 26.9. The first kappa shape index (κ1) is 26.9. The van der Waals surface area contributed by atoms with Gasteiger partial charge in [0.2, 0.25) is 15.9 Å². The Hall–Kier alpha value is -3.39. The predicted molar refractivity (Wildman–Crippen MR) is 123 cm³/mol. The van der Waals surface area contributed by atoms with E-state index in [2.05, 4.69) is 21.3 Å². The number of amides is 3. The van der Waals surface area contributed by atoms with Gasteiger partial charge >= 0.3 is 12.0 Å². The molecule has 14 heteroatoms. The lowest BCUT2D eigenvalue weighted by Crippen LogP contribution is -2.54. The van der Waals surface area contributed by atoms with Gasteiger partial charge in [-0.1, -0.05) is 18.2 Å². The van der Waals surface area contributed by atoms with E-state index < -0.39 is 40.0 Å². The van der Waals surface area contributed by atoms with E-state index in [4.69, 9.17) is 11.1 Å². The molecule has 0 aliphatic carbocycles. The molecule has 0 radical (unpaired) electrons. The summed E-state index contributed by atoms with van der Waals surface area (Å²) in [5, 5.41) is 26.4. The van der Waals surface area contributed by atoms with Crippen molar-refractivity contribution >= 4 is 33.9 Å². The normalized spacial score (nSPS) is 16.9. The number of benzene rings is 1. The maximum Gasteiger partial charge on any atom is 0.328 e. The van der Waals surface area contributed by atoms with Crippen molar-refractivity contribution in [2.75, 3.05) is 26.2 Å². The van der Waals surface area contributed by atoms with Gasteiger partial charge in [0.25, 0.3) is 0 Å². The number of nitrogens with two attached hydrogens (primary N) is 1. The van der Waals surface area contributed by atoms with Crippen LogP contribution in [0.5, 0.6) is 0 Å². The third kappa shape index (κ3) is 7.88. The zero-order valence-corrected chi connectivity index (χ0v) is 19.4. The van der Waals surface area contributed by atoms with Crippen LogP contribution >= 0.6 is 0 Å². The van der Waals surface area contributed by atoms with Crippen LogP contribution in [0.2, 0.25) is 0 Å². The molecule has 0 saturated carbocycles. The van der Waals surface area contributed by atoms with E-state index in [-0.39, 0.29) is 30.4 Å². The van der Waals surface area contributed by atoms with Crippen LogP contribution in [0.3, 0.4) is 0 Å². The van der Waals surface area contributed by atoms with Crippen molar-refractivity contribution in [2.24, 2.45) is 5.73 Å². The maximum absolute atomic E-state index is 12.9. The number of carboxylic acid groups (broad SMARTS) is 1. The SMILES string of the molecule is N=C(N)NCCCCNC(=O)NCC(NC(=O)[C@@H]1CCCN1S(=O)(=O)c1ccccc1)C(=O)O. The molecule has 1 saturated heterocycles. The zero-order valence-electron chi connectivity index (χ0n) is 18.6. The average molecular weight is 498 g/mol. The molecule has 1 fully saturated rings. The molecular weight excluding hydrogens is 466 g/mol. The van der Waals surface area contributed by atoms with Gasteiger partial charge in [-0.05, 0) is 37.8 Å². The second kappa shape index (κ2) is 12.7. The summed E-state index contributed by atoms with van der Waals surface area (Å²) >= 11 is 0. The first-order chi connectivity index (χ1) is 16.1. The molecule has 8 N–H and O–H groups in total. The number of rotatable bonds is 12. The Morgan fingerprint density at radius 2 is 1.76 bits per heavy atom. The largest absolute Gasteiger partial charge is 0.480 e. The Bertz CT molecular complexity index is 973. The second-order valence-corrected chi connectivity index (χ2v) is 9.56. The molecule has 3 amide bonds. The van der Waals surface area contributed by atoms with Gasteiger partial charge in [-0.3, -0.25) is 10.2 Å². The van der Waals surface area contributed by atoms with Gasteiger partial charge in [0, 0.05) is 19.6 Å². The molecule has 0 aromatic heterocycles. The van der Waals surface area contributed by atoms with E-state index >= 15 is 0 Å². The van der Waals surface area contributed by atoms with E-state index in [1.807, 2.05) is 0 Å². The molecule has 1 aromatic rings. The monoisotopic (exact) mass is 497 g/mol. The molecule has 2 rings (SSSR count). The fourth-order valence-electron chi connectivity index (χ4n) is 3.42. The smallest absolute Gasteiger partial charge is 0.328 e. The minimum absolute atomic E-state index is 0.0555. The molecule has 34 heavy (non-hydrogen) atoms. The molecule has 1 unspecified atom stereocenters. The van der Waals surface area contributed by atoms with Crippen LogP contribution in [0.1, 0.15) is 25.7 Å². The molecule has 1 heterocycles. The van der Waals surface area contributed by atoms with Gasteiger partial charge in [-0.15, -0.1) is 0 Å². The number of urea groups is 1. The third-order valence-electron chi connectivity index (χ3n) is 5.14. The number of hydrogen-bond donors (Lipinski definition) is 7. The molecule has 0 spiro atoms. The van der Waals surface area contributed by atoms with Gasteiger partial charge in [0.05, 0.1) is 11.4 Å². The summed E-state index contributed by atoms with van der Waals surface area (Å²) in [4.78, 5) is 36.3. The third-order valence-corrected chi connectivity index (χ3v) is 7.06. The summed E-state index contributed by atoms with van der Waals surface area (Å²) in [7, 11) is -3.91. The van der Waals surface area contributed by atoms with Crippen LogP contribution in [-0.2, 0) is 19.6 Å². The van der Waals surface area contributed by atoms with E-state index in [9.17, 15) is 27.9 Å². The van der Waals surface area contributed by atoms with Crippen molar-refractivity contribution in [2.45, 2.75) is 42.7 Å². The topological polar surface area (TPSA) is 207 Å². The number of nitrogens with zero attached hydrogens (tertiary/aromatic N) is 1. The fraction of sp³-hybridized carbons (Fsp3) is 0.500. The molecule has 0 bridgehead atoms. The van der Waals surface area contributed by atoms with E-state index in [1.165, 1.54) is 12.1 Å². The lowest BCUT2D eigenvalue weighted by molar-refractivity contribution is -0.142. The standard InChI is InChI=1S/C20H31N7O6S/c21-19(22)23-10-4-5-11-24-20(31)25-13-15(18(29)30)26-17(28)16-9-6-12-27(16)34(32,33)14-7-2-1-3-8-14/h1-3,7-8,15-16H,4-6,9-13H2,(H,26,28)(H,29,30)(H4,21,22,23)(H2,24,25,31)/t15?,16-/m0/s1. The van der Waals surface area contributed by atoms with Gasteiger partial charge in [-0.2, -0.15) is 4.31 Å². The van der Waals surface area contributed by atoms with Crippen LogP contribution < -0.4 is 27.0 Å². The first-order valence-electron chi connectivity index (χ1n) is 10.8. The Morgan fingerprint density at radius 1 is 1.12 bits per heavy atom. The van der Waals surface area contributed by atoms with Crippen molar-refractivity contribution in [1.29, 1.82) is 5.41 Å². The molecule has 2 atom stereocenters. The quantitative estimate of drug-likeness (QED) is 0.108. The van der Waals surface area contributed by atoms with Crippen molar-refractivity contribution < 1.29 is 27.9 Å². The lowest BCUT2D eigenvalue weighted by atomic mass is 10.2. The first-order valence-corrected chi connectivity index (χ1v) is 12.3. The highest BCUT2D eigenvalue weighted by molar-refractivity contribution is 7.89. The lowest BCUT2D eigenvalue weighted by Gasteiger charge is -2.25. The van der Waals surface area contributed by atoms with Crippen LogP contribution in [0.15, 0.2) is 35.2 Å². The van der Waals surface area contributed by atoms with E-state index in [0.717, 1.165) is 4.31 Å². The number of aliphatic carboxylic acids is 1. The average Bonchev–Trinajstić information content (AvgIpc) is 3.30. The second-order valence-electron chi connectivity index (χ2n) is 7.67. The number of hydrogen-bond acceptors (Lipinski definition) is 6. The number of carbonyl (C=O) groups is 3. The molecule has 13 nitrogen and oxygen atoms in total. The van der Waals surface area contributed by atoms with Crippen molar-refractivity contribution in [1.82, 2.24) is 25.6 Å². The van der Waals surface area contributed by atoms with Crippen LogP contribution in [0.4, 0.5) is 4.79 Å². The van der Waals surface area contributed by atoms with Crippen LogP contribution in [-0.4, -0.2) is 80.0 Å². The van der Waals surface area contributed by atoms with E-state index in [0.29, 0.717) is 32.4 Å². The van der Waals surface area contributed by atoms with Gasteiger partial charge in [0.15, 0.2) is 5.96 Å². The predicted octanol–water partition coefficient (Wildman–Crippen LogP) is -1.03. The Morgan fingerprint density at radius 3 is 2.38 bits per heavy atom. The highest BCUT2D eigenvalue weighted by Gasteiger charge is 2.40. The minimum atomic E-state index is -3.91. The number of unbranched alkanes of at least 4 members (excludes halogenated alkanes) is 1. The number of carbonyl (C=O) groups excluding carboxylic acids is 2. The summed E-state index contributed by atoms with van der Waals surface area (Å²) in [6.07, 6.45) is 2.00. The summed E-state index contributed by atoms with van der Waals surface area (Å²) in [5.41, 5.74) is 5.16. The van der Waals surface area contributed by atoms with Crippen molar-refractivity contribution in [3.05, 3.63) is 30.3 Å². The molecule has 1 aliphatic heterocycles. The maximum atomic E-state index is 12.9. The summed E-state index contributed by atoms with van der Waals surface area (Å²) in [5.74, 6) is -2.23. The highest BCUT2D eigenvalue weighted by Crippen LogP contribution is 2.26. The highest BCUT2D eigenvalue weighted by atomic mass is 32.2. The Balaban J connectivity index is 1.86. The molecule has 188 valence electrons. The summed E-state index contributed by atoms with van der Waals surface area (Å²) in [6.45, 7) is 0.584. The zero-order chi connectivity index (χ0) is 25.1. The number of guanidine groups is 1. The van der Waals surface area contributed by atoms with Crippen LogP contribution in [0, 0.1) is 5.41 Å². The molecular formula is C20H31N7O6S. The number of carboxylic acids is 1. The number of nitrogens with one attached hydrogen (secondary N) is 5. The molecule has 1 aromatic carbocycles. The van der Waals surface area contributed by atoms with Gasteiger partial charge in [0.1, 0.15) is 12.1 Å². The van der Waals surface area contributed by atoms with Crippen molar-refractivity contribution in [3.63, 3.8) is 0 Å². The van der Waals surface area contributed by atoms with Crippen molar-refractivity contribution in [3.8, 4) is 0 Å². The minimum Gasteiger partial charge on any atom is -0.480 e. The van der Waals surface area contributed by atoms with Gasteiger partial charge in [-0.25, -0.2) is 18.0 Å². The van der Waals surface area contributed by atoms with Gasteiger partial charge < -0.3 is 32.1 Å². The Kier molecular flexibility index (Phi) is 10.1. The Labute approximate surface area is 198 Å². The van der Waals surface area contributed by atoms with Crippen LogP contribution in [0.25, 0.3) is 0 Å².